The number of nitrogens with zero attached hydrogens (tertiary/aromatic N) is 6. The van der Waals surface area contributed by atoms with Crippen LogP contribution in [0.3, 0.4) is 0 Å². The normalized spacial score (nSPS) is 21.1. The molecule has 1 aromatic carbocycles. The van der Waals surface area contributed by atoms with Gasteiger partial charge in [0.25, 0.3) is 0 Å². The number of aromatic nitrogens is 4. The molecule has 0 spiro atoms. The molecule has 2 aromatic heterocycles. The van der Waals surface area contributed by atoms with Crippen LogP contribution in [0.5, 0.6) is 0 Å². The summed E-state index contributed by atoms with van der Waals surface area (Å²) in [4.78, 5) is 17.5. The first-order valence-corrected chi connectivity index (χ1v) is 11.3. The molecule has 0 radical (unpaired) electrons. The molecule has 4 heterocycles. The fraction of sp³-hybridized carbons (Fsp3) is 0.522. The van der Waals surface area contributed by atoms with Crippen molar-refractivity contribution in [2.45, 2.75) is 45.8 Å². The van der Waals surface area contributed by atoms with E-state index in [1.54, 1.807) is 12.4 Å². The number of halogens is 1. The van der Waals surface area contributed by atoms with Crippen LogP contribution in [-0.4, -0.2) is 56.6 Å². The Labute approximate surface area is 187 Å². The molecule has 2 saturated heterocycles. The lowest BCUT2D eigenvalue weighted by atomic mass is 9.93. The first kappa shape index (κ1) is 21.1. The van der Waals surface area contributed by atoms with E-state index < -0.39 is 0 Å². The van der Waals surface area contributed by atoms with Crippen LogP contribution >= 0.6 is 0 Å². The van der Waals surface area contributed by atoms with Gasteiger partial charge in [-0.15, -0.1) is 0 Å². The number of fused-ring (bicyclic) bond motifs is 1. The van der Waals surface area contributed by atoms with Gasteiger partial charge in [0.1, 0.15) is 17.7 Å². The van der Waals surface area contributed by atoms with Crippen molar-refractivity contribution < 1.29 is 4.39 Å². The zero-order valence-corrected chi connectivity index (χ0v) is 18.8. The van der Waals surface area contributed by atoms with Gasteiger partial charge in [0, 0.05) is 49.0 Å². The van der Waals surface area contributed by atoms with E-state index in [1.165, 1.54) is 6.33 Å². The van der Waals surface area contributed by atoms with E-state index in [2.05, 4.69) is 38.6 Å². The minimum atomic E-state index is -0.171. The molecule has 3 aromatic rings. The molecule has 4 N–H and O–H groups in total. The van der Waals surface area contributed by atoms with Crippen molar-refractivity contribution in [2.24, 2.45) is 11.1 Å². The summed E-state index contributed by atoms with van der Waals surface area (Å²) in [5.41, 5.74) is 16.4. The Kier molecular flexibility index (Phi) is 5.25. The number of likely N-dealkylation sites (tertiary alicyclic amines) is 1. The topological polar surface area (TPSA) is 102 Å². The Bertz CT molecular complexity index is 1140. The third-order valence-corrected chi connectivity index (χ3v) is 6.81. The van der Waals surface area contributed by atoms with Gasteiger partial charge in [-0.05, 0) is 36.9 Å². The molecule has 0 bridgehead atoms. The van der Waals surface area contributed by atoms with E-state index >= 15 is 4.39 Å². The van der Waals surface area contributed by atoms with Crippen molar-refractivity contribution in [1.29, 1.82) is 0 Å². The molecule has 0 saturated carbocycles. The predicted molar refractivity (Wildman–Crippen MR) is 124 cm³/mol. The Morgan fingerprint density at radius 2 is 1.97 bits per heavy atom. The number of imidazole rings is 1. The second-order valence-electron chi connectivity index (χ2n) is 9.95. The van der Waals surface area contributed by atoms with Crippen molar-refractivity contribution in [1.82, 2.24) is 24.4 Å². The predicted octanol–water partition coefficient (Wildman–Crippen LogP) is 2.37. The van der Waals surface area contributed by atoms with Crippen LogP contribution in [0.2, 0.25) is 0 Å². The van der Waals surface area contributed by atoms with E-state index in [4.69, 9.17) is 11.5 Å². The summed E-state index contributed by atoms with van der Waals surface area (Å²) in [6.45, 7) is 9.16. The molecule has 2 aliphatic heterocycles. The van der Waals surface area contributed by atoms with Gasteiger partial charge >= 0.3 is 0 Å². The molecule has 170 valence electrons. The van der Waals surface area contributed by atoms with Crippen molar-refractivity contribution in [3.8, 4) is 0 Å². The zero-order chi connectivity index (χ0) is 22.5. The molecule has 2 aliphatic rings. The highest BCUT2D eigenvalue weighted by molar-refractivity contribution is 5.81. The minimum Gasteiger partial charge on any atom is -0.382 e. The number of hydrogen-bond acceptors (Lipinski definition) is 7. The summed E-state index contributed by atoms with van der Waals surface area (Å²) >= 11 is 0. The second kappa shape index (κ2) is 7.97. The Morgan fingerprint density at radius 3 is 2.69 bits per heavy atom. The largest absolute Gasteiger partial charge is 0.382 e. The molecule has 1 atom stereocenters. The Morgan fingerprint density at radius 1 is 1.12 bits per heavy atom. The van der Waals surface area contributed by atoms with Gasteiger partial charge in [0.05, 0.1) is 12.9 Å². The van der Waals surface area contributed by atoms with Crippen LogP contribution in [0.4, 0.5) is 15.9 Å². The third-order valence-electron chi connectivity index (χ3n) is 6.81. The molecule has 5 rings (SSSR count). The maximum Gasteiger partial charge on any atom is 0.165 e. The van der Waals surface area contributed by atoms with Gasteiger partial charge in [-0.1, -0.05) is 13.8 Å². The van der Waals surface area contributed by atoms with Gasteiger partial charge in [-0.25, -0.2) is 19.3 Å². The summed E-state index contributed by atoms with van der Waals surface area (Å²) in [5, 5.41) is 0. The van der Waals surface area contributed by atoms with Crippen molar-refractivity contribution >= 4 is 22.7 Å². The molecule has 0 aliphatic carbocycles. The van der Waals surface area contributed by atoms with Crippen molar-refractivity contribution in [3.63, 3.8) is 0 Å². The molecule has 1 unspecified atom stereocenters. The van der Waals surface area contributed by atoms with Crippen molar-refractivity contribution in [2.75, 3.05) is 36.8 Å². The van der Waals surface area contributed by atoms with Crippen molar-refractivity contribution in [3.05, 3.63) is 41.7 Å². The van der Waals surface area contributed by atoms with Gasteiger partial charge < -0.3 is 20.9 Å². The van der Waals surface area contributed by atoms with Gasteiger partial charge in [0.15, 0.2) is 11.5 Å². The molecular formula is C23H31FN8. The summed E-state index contributed by atoms with van der Waals surface area (Å²) in [6, 6.07) is 3.63. The van der Waals surface area contributed by atoms with Crippen LogP contribution in [0.15, 0.2) is 24.8 Å². The Hall–Kier alpha value is -2.78. The molecular weight excluding hydrogens is 407 g/mol. The fourth-order valence-electron chi connectivity index (χ4n) is 5.07. The highest BCUT2D eigenvalue weighted by atomic mass is 19.1. The molecule has 8 nitrogen and oxygen atoms in total. The van der Waals surface area contributed by atoms with E-state index in [-0.39, 0.29) is 17.3 Å². The van der Waals surface area contributed by atoms with E-state index in [0.717, 1.165) is 55.8 Å². The monoisotopic (exact) mass is 438 g/mol. The average molecular weight is 439 g/mol. The Balaban J connectivity index is 1.57. The quantitative estimate of drug-likeness (QED) is 0.630. The highest BCUT2D eigenvalue weighted by Crippen LogP contribution is 2.34. The van der Waals surface area contributed by atoms with Gasteiger partial charge in [0.2, 0.25) is 0 Å². The first-order valence-electron chi connectivity index (χ1n) is 11.3. The molecule has 32 heavy (non-hydrogen) atoms. The lowest BCUT2D eigenvalue weighted by Gasteiger charge is -2.27. The van der Waals surface area contributed by atoms with E-state index in [0.29, 0.717) is 30.1 Å². The van der Waals surface area contributed by atoms with Crippen LogP contribution in [0, 0.1) is 11.2 Å². The lowest BCUT2D eigenvalue weighted by molar-refractivity contribution is 0.280. The standard InChI is InChI=1S/C23H31FN8/c1-23(2)6-8-30(12-23)10-16-17(11-32-14-29-20-21(26)27-13-28-22(20)32)19(4-3-18(16)24)31-7-5-15(25)9-31/h3-4,13-15H,5-12,25H2,1-2H3,(H2,26,27,28). The molecule has 9 heteroatoms. The van der Waals surface area contributed by atoms with Gasteiger partial charge in [-0.2, -0.15) is 0 Å². The number of anilines is 2. The number of nitrogen functional groups attached to an aromatic ring is 1. The summed E-state index contributed by atoms with van der Waals surface area (Å²) in [7, 11) is 0. The molecule has 0 amide bonds. The van der Waals surface area contributed by atoms with E-state index in [1.807, 2.05) is 10.6 Å². The van der Waals surface area contributed by atoms with E-state index in [9.17, 15) is 0 Å². The lowest BCUT2D eigenvalue weighted by Crippen LogP contribution is -2.29. The first-order chi connectivity index (χ1) is 15.3. The molecule has 2 fully saturated rings. The zero-order valence-electron chi connectivity index (χ0n) is 18.8. The maximum absolute atomic E-state index is 15.3. The van der Waals surface area contributed by atoms with Crippen LogP contribution in [0.25, 0.3) is 11.2 Å². The van der Waals surface area contributed by atoms with Crippen LogP contribution in [-0.2, 0) is 13.1 Å². The minimum absolute atomic E-state index is 0.136. The number of rotatable bonds is 5. The number of hydrogen-bond donors (Lipinski definition) is 2. The highest BCUT2D eigenvalue weighted by Gasteiger charge is 2.31. The third kappa shape index (κ3) is 3.91. The maximum atomic E-state index is 15.3. The number of nitrogens with two attached hydrogens (primary N) is 2. The van der Waals surface area contributed by atoms with Crippen LogP contribution in [0.1, 0.15) is 37.8 Å². The summed E-state index contributed by atoms with van der Waals surface area (Å²) < 4.78 is 17.2. The summed E-state index contributed by atoms with van der Waals surface area (Å²) in [5.74, 6) is 0.175. The average Bonchev–Trinajstić information content (AvgIpc) is 3.44. The smallest absolute Gasteiger partial charge is 0.165 e. The van der Waals surface area contributed by atoms with Gasteiger partial charge in [-0.3, -0.25) is 4.90 Å². The SMILES string of the molecule is CC1(C)CCN(Cc2c(F)ccc(N3CCC(N)C3)c2Cn2cnc3c(N)ncnc32)C1. The summed E-state index contributed by atoms with van der Waals surface area (Å²) in [6.07, 6.45) is 5.20. The second-order valence-corrected chi connectivity index (χ2v) is 9.95. The van der Waals surface area contributed by atoms with Crippen LogP contribution < -0.4 is 16.4 Å². The number of benzene rings is 1. The fourth-order valence-corrected chi connectivity index (χ4v) is 5.07.